The number of hydrogen-bond acceptors (Lipinski definition) is 7. The smallest absolute Gasteiger partial charge is 0.219 e. The third kappa shape index (κ3) is 5.96. The quantitative estimate of drug-likeness (QED) is 0.381. The molecule has 2 aliphatic heterocycles. The molecule has 2 saturated heterocycles. The van der Waals surface area contributed by atoms with Crippen LogP contribution in [0.1, 0.15) is 75.2 Å². The summed E-state index contributed by atoms with van der Waals surface area (Å²) in [6, 6.07) is 10.9. The zero-order chi connectivity index (χ0) is 24.9. The summed E-state index contributed by atoms with van der Waals surface area (Å²) in [6.45, 7) is 6.37. The number of carbonyl (C=O) groups is 3. The molecule has 190 valence electrons. The maximum absolute atomic E-state index is 13.2. The highest BCUT2D eigenvalue weighted by Gasteiger charge is 2.28. The molecule has 2 fully saturated rings. The highest BCUT2D eigenvalue weighted by Crippen LogP contribution is 2.38. The Bertz CT molecular complexity index is 1050. The van der Waals surface area contributed by atoms with Gasteiger partial charge in [0.05, 0.1) is 0 Å². The van der Waals surface area contributed by atoms with Crippen LogP contribution in [0, 0.1) is 0 Å². The van der Waals surface area contributed by atoms with Gasteiger partial charge in [-0.3, -0.25) is 14.4 Å². The number of piperidine rings is 2. The van der Waals surface area contributed by atoms with Gasteiger partial charge >= 0.3 is 0 Å². The summed E-state index contributed by atoms with van der Waals surface area (Å²) in [4.78, 5) is 43.7. The van der Waals surface area contributed by atoms with Crippen LogP contribution in [-0.2, 0) is 0 Å². The molecule has 2 aromatic rings. The molecule has 0 N–H and O–H groups in total. The van der Waals surface area contributed by atoms with Gasteiger partial charge in [0.25, 0.3) is 0 Å². The summed E-state index contributed by atoms with van der Waals surface area (Å²) >= 11 is 2.67. The molecule has 7 heteroatoms. The molecule has 0 aromatic heterocycles. The van der Waals surface area contributed by atoms with Gasteiger partial charge in [0, 0.05) is 46.8 Å². The Balaban J connectivity index is 1.19. The maximum atomic E-state index is 13.2. The molecule has 1 aliphatic carbocycles. The Morgan fingerprint density at radius 2 is 1.03 bits per heavy atom. The van der Waals surface area contributed by atoms with Crippen molar-refractivity contribution < 1.29 is 14.4 Å². The van der Waals surface area contributed by atoms with Gasteiger partial charge in [-0.2, -0.15) is 0 Å². The maximum Gasteiger partial charge on any atom is 0.219 e. The normalized spacial score (nSPS) is 18.2. The van der Waals surface area contributed by atoms with Gasteiger partial charge in [-0.15, -0.1) is 0 Å². The van der Waals surface area contributed by atoms with Gasteiger partial charge in [0.2, 0.25) is 10.2 Å². The molecular formula is C29H34N2O3S2. The van der Waals surface area contributed by atoms with E-state index in [0.29, 0.717) is 22.3 Å². The Labute approximate surface area is 222 Å². The Morgan fingerprint density at radius 3 is 1.44 bits per heavy atom. The van der Waals surface area contributed by atoms with Crippen molar-refractivity contribution in [3.63, 3.8) is 0 Å². The fourth-order valence-electron chi connectivity index (χ4n) is 5.40. The van der Waals surface area contributed by atoms with Crippen LogP contribution in [0.25, 0.3) is 11.1 Å². The van der Waals surface area contributed by atoms with Crippen molar-refractivity contribution in [3.8, 4) is 11.1 Å². The molecule has 36 heavy (non-hydrogen) atoms. The minimum Gasteiger partial charge on any atom is -0.303 e. The monoisotopic (exact) mass is 522 g/mol. The van der Waals surface area contributed by atoms with Crippen LogP contribution in [0.2, 0.25) is 0 Å². The molecule has 5 nitrogen and oxygen atoms in total. The van der Waals surface area contributed by atoms with Crippen LogP contribution in [0.4, 0.5) is 0 Å². The van der Waals surface area contributed by atoms with Gasteiger partial charge in [0.1, 0.15) is 0 Å². The Hall–Kier alpha value is -1.93. The van der Waals surface area contributed by atoms with E-state index in [0.717, 1.165) is 61.9 Å². The third-order valence-electron chi connectivity index (χ3n) is 7.47. The average Bonchev–Trinajstić information content (AvgIpc) is 3.20. The Morgan fingerprint density at radius 1 is 0.611 bits per heavy atom. The summed E-state index contributed by atoms with van der Waals surface area (Å²) < 4.78 is 0. The zero-order valence-corrected chi connectivity index (χ0v) is 22.4. The highest BCUT2D eigenvalue weighted by molar-refractivity contribution is 8.14. The van der Waals surface area contributed by atoms with E-state index in [4.69, 9.17) is 0 Å². The predicted molar refractivity (Wildman–Crippen MR) is 149 cm³/mol. The van der Waals surface area contributed by atoms with E-state index in [9.17, 15) is 14.4 Å². The first kappa shape index (κ1) is 25.7. The van der Waals surface area contributed by atoms with Crippen LogP contribution >= 0.6 is 23.5 Å². The number of thioether (sulfide) groups is 2. The topological polar surface area (TPSA) is 57.7 Å². The lowest BCUT2D eigenvalue weighted by atomic mass is 10.0. The summed E-state index contributed by atoms with van der Waals surface area (Å²) in [5.41, 5.74) is 3.97. The molecule has 2 aromatic carbocycles. The number of hydrogen-bond donors (Lipinski definition) is 0. The molecule has 0 saturated carbocycles. The largest absolute Gasteiger partial charge is 0.303 e. The van der Waals surface area contributed by atoms with Gasteiger partial charge in [-0.1, -0.05) is 48.5 Å². The number of nitrogens with zero attached hydrogens (tertiary/aromatic N) is 2. The van der Waals surface area contributed by atoms with Crippen molar-refractivity contribution in [2.75, 3.05) is 50.8 Å². The minimum absolute atomic E-state index is 0.0135. The van der Waals surface area contributed by atoms with Crippen molar-refractivity contribution >= 4 is 39.5 Å². The van der Waals surface area contributed by atoms with Gasteiger partial charge in [-0.05, 0) is 87.3 Å². The standard InChI is InChI=1S/C29H34N2O3S2/c32-27-25-19-21(28(33)35-17-15-30-11-3-1-4-12-30)7-9-23(25)24-10-8-22(20-26(24)27)29(34)36-18-16-31-13-5-2-6-14-31/h7-10,19-20H,1-6,11-18H2. The average molecular weight is 523 g/mol. The van der Waals surface area contributed by atoms with E-state index in [1.807, 2.05) is 24.3 Å². The molecule has 0 unspecified atom stereocenters. The molecule has 0 amide bonds. The second-order valence-electron chi connectivity index (χ2n) is 9.93. The fraction of sp³-hybridized carbons (Fsp3) is 0.483. The molecule has 0 spiro atoms. The molecule has 0 bridgehead atoms. The first-order valence-electron chi connectivity index (χ1n) is 13.2. The molecule has 5 rings (SSSR count). The highest BCUT2D eigenvalue weighted by atomic mass is 32.2. The zero-order valence-electron chi connectivity index (χ0n) is 20.8. The SMILES string of the molecule is O=C(SCCN1CCCCC1)c1ccc2c(c1)C(=O)c1cc(C(=O)SCCN3CCCCC3)ccc1-2. The lowest BCUT2D eigenvalue weighted by molar-refractivity contribution is 0.104. The lowest BCUT2D eigenvalue weighted by Gasteiger charge is -2.25. The summed E-state index contributed by atoms with van der Waals surface area (Å²) in [5.74, 6) is 1.44. The number of carbonyl (C=O) groups excluding carboxylic acids is 3. The second kappa shape index (κ2) is 12.1. The van der Waals surface area contributed by atoms with E-state index in [2.05, 4.69) is 9.80 Å². The van der Waals surface area contributed by atoms with Crippen molar-refractivity contribution in [2.24, 2.45) is 0 Å². The molecule has 3 aliphatic rings. The van der Waals surface area contributed by atoms with Crippen molar-refractivity contribution in [1.82, 2.24) is 9.80 Å². The molecular weight excluding hydrogens is 488 g/mol. The van der Waals surface area contributed by atoms with Crippen LogP contribution in [-0.4, -0.2) is 76.6 Å². The summed E-state index contributed by atoms with van der Waals surface area (Å²) in [6.07, 6.45) is 7.60. The number of benzene rings is 2. The van der Waals surface area contributed by atoms with Crippen molar-refractivity contribution in [2.45, 2.75) is 38.5 Å². The second-order valence-corrected chi connectivity index (χ2v) is 12.1. The number of rotatable bonds is 8. The van der Waals surface area contributed by atoms with Gasteiger partial charge < -0.3 is 9.80 Å². The van der Waals surface area contributed by atoms with Gasteiger partial charge in [0.15, 0.2) is 5.78 Å². The van der Waals surface area contributed by atoms with Crippen LogP contribution in [0.5, 0.6) is 0 Å². The molecule has 2 heterocycles. The van der Waals surface area contributed by atoms with E-state index < -0.39 is 0 Å². The number of likely N-dealkylation sites (tertiary alicyclic amines) is 2. The van der Waals surface area contributed by atoms with Gasteiger partial charge in [-0.25, -0.2) is 0 Å². The van der Waals surface area contributed by atoms with Crippen molar-refractivity contribution in [1.29, 1.82) is 0 Å². The van der Waals surface area contributed by atoms with E-state index in [-0.39, 0.29) is 16.0 Å². The number of ketones is 1. The van der Waals surface area contributed by atoms with E-state index in [1.54, 1.807) is 12.1 Å². The lowest BCUT2D eigenvalue weighted by Crippen LogP contribution is -2.31. The molecule has 0 radical (unpaired) electrons. The van der Waals surface area contributed by atoms with Crippen LogP contribution in [0.3, 0.4) is 0 Å². The van der Waals surface area contributed by atoms with Crippen LogP contribution < -0.4 is 0 Å². The van der Waals surface area contributed by atoms with E-state index >= 15 is 0 Å². The molecule has 0 atom stereocenters. The van der Waals surface area contributed by atoms with E-state index in [1.165, 1.54) is 62.0 Å². The van der Waals surface area contributed by atoms with Crippen molar-refractivity contribution in [3.05, 3.63) is 58.7 Å². The predicted octanol–water partition coefficient (Wildman–Crippen LogP) is 5.62. The minimum atomic E-state index is -0.0964. The fourth-order valence-corrected chi connectivity index (χ4v) is 7.06. The summed E-state index contributed by atoms with van der Waals surface area (Å²) in [5, 5.41) is 0.0269. The first-order chi connectivity index (χ1) is 17.6. The first-order valence-corrected chi connectivity index (χ1v) is 15.2. The number of fused-ring (bicyclic) bond motifs is 3. The third-order valence-corrected chi connectivity index (χ3v) is 9.24. The summed E-state index contributed by atoms with van der Waals surface area (Å²) in [7, 11) is 0. The van der Waals surface area contributed by atoms with Crippen LogP contribution in [0.15, 0.2) is 36.4 Å². The Kier molecular flexibility index (Phi) is 8.62.